The molecule has 2 aliphatic heterocycles. The number of ether oxygens (including phenoxy) is 2. The monoisotopic (exact) mass is 299 g/mol. The highest BCUT2D eigenvalue weighted by Crippen LogP contribution is 2.32. The Morgan fingerprint density at radius 2 is 2.14 bits per heavy atom. The zero-order valence-electron chi connectivity index (χ0n) is 13.1. The summed E-state index contributed by atoms with van der Waals surface area (Å²) in [5.41, 5.74) is -1.72. The van der Waals surface area contributed by atoms with Gasteiger partial charge in [-0.2, -0.15) is 0 Å². The molecule has 0 radical (unpaired) electrons. The van der Waals surface area contributed by atoms with Crippen molar-refractivity contribution < 1.29 is 24.5 Å². The summed E-state index contributed by atoms with van der Waals surface area (Å²) in [4.78, 5) is 14.5. The molecule has 6 nitrogen and oxygen atoms in total. The van der Waals surface area contributed by atoms with Gasteiger partial charge in [0.2, 0.25) is 0 Å². The summed E-state index contributed by atoms with van der Waals surface area (Å²) in [6.45, 7) is 6.57. The largest absolute Gasteiger partial charge is 0.427 e. The number of esters is 1. The van der Waals surface area contributed by atoms with Crippen LogP contribution >= 0.6 is 0 Å². The van der Waals surface area contributed by atoms with Gasteiger partial charge in [-0.1, -0.05) is 13.8 Å². The predicted molar refractivity (Wildman–Crippen MR) is 76.4 cm³/mol. The van der Waals surface area contributed by atoms with Crippen LogP contribution in [0.3, 0.4) is 0 Å². The van der Waals surface area contributed by atoms with E-state index in [4.69, 9.17) is 9.47 Å². The molecule has 2 unspecified atom stereocenters. The van der Waals surface area contributed by atoms with Crippen LogP contribution in [-0.2, 0) is 14.3 Å². The molecule has 0 amide bonds. The molecule has 120 valence electrons. The quantitative estimate of drug-likeness (QED) is 0.710. The highest BCUT2D eigenvalue weighted by atomic mass is 16.6. The van der Waals surface area contributed by atoms with E-state index in [2.05, 4.69) is 4.90 Å². The lowest BCUT2D eigenvalue weighted by atomic mass is 9.85. The summed E-state index contributed by atoms with van der Waals surface area (Å²) in [5.74, 6) is -0.641. The molecule has 21 heavy (non-hydrogen) atoms. The van der Waals surface area contributed by atoms with Gasteiger partial charge in [-0.15, -0.1) is 0 Å². The number of fused-ring (bicyclic) bond motifs is 1. The van der Waals surface area contributed by atoms with Crippen LogP contribution in [0, 0.1) is 5.92 Å². The summed E-state index contributed by atoms with van der Waals surface area (Å²) in [7, 11) is 1.45. The number of rotatable bonds is 5. The van der Waals surface area contributed by atoms with Crippen LogP contribution in [0.2, 0.25) is 0 Å². The number of carbonyl (C=O) groups is 1. The van der Waals surface area contributed by atoms with Gasteiger partial charge >= 0.3 is 5.97 Å². The smallest absolute Gasteiger partial charge is 0.346 e. The van der Waals surface area contributed by atoms with Gasteiger partial charge in [0.15, 0.2) is 5.60 Å². The van der Waals surface area contributed by atoms with E-state index in [0.29, 0.717) is 18.7 Å². The van der Waals surface area contributed by atoms with Crippen molar-refractivity contribution in [3.05, 3.63) is 11.8 Å². The van der Waals surface area contributed by atoms with Crippen molar-refractivity contribution in [2.45, 2.75) is 51.0 Å². The number of methoxy groups -OCH3 is 1. The fourth-order valence-corrected chi connectivity index (χ4v) is 3.08. The van der Waals surface area contributed by atoms with Gasteiger partial charge in [0.05, 0.1) is 18.2 Å². The molecule has 2 aliphatic rings. The SMILES string of the molecule is COC(C)C(O)(C(=O)OC1=CCN2CC[C@H](O)[C@@H]12)C(C)C. The first kappa shape index (κ1) is 16.4. The third-order valence-electron chi connectivity index (χ3n) is 4.68. The van der Waals surface area contributed by atoms with Crippen molar-refractivity contribution in [2.75, 3.05) is 20.2 Å². The average molecular weight is 299 g/mol. The first-order valence-electron chi connectivity index (χ1n) is 7.42. The number of hydrogen-bond donors (Lipinski definition) is 2. The maximum atomic E-state index is 12.5. The van der Waals surface area contributed by atoms with Crippen LogP contribution < -0.4 is 0 Å². The van der Waals surface area contributed by atoms with E-state index in [0.717, 1.165) is 6.54 Å². The number of hydrogen-bond acceptors (Lipinski definition) is 6. The van der Waals surface area contributed by atoms with E-state index >= 15 is 0 Å². The van der Waals surface area contributed by atoms with E-state index in [-0.39, 0.29) is 12.0 Å². The van der Waals surface area contributed by atoms with Crippen LogP contribution in [0.1, 0.15) is 27.2 Å². The Morgan fingerprint density at radius 3 is 2.71 bits per heavy atom. The molecule has 1 saturated heterocycles. The minimum Gasteiger partial charge on any atom is -0.427 e. The lowest BCUT2D eigenvalue weighted by molar-refractivity contribution is -0.184. The maximum absolute atomic E-state index is 12.5. The second kappa shape index (κ2) is 6.04. The van der Waals surface area contributed by atoms with Crippen molar-refractivity contribution >= 4 is 5.97 Å². The molecule has 0 aromatic rings. The average Bonchev–Trinajstić information content (AvgIpc) is 3.01. The van der Waals surface area contributed by atoms with Crippen molar-refractivity contribution in [1.29, 1.82) is 0 Å². The minimum absolute atomic E-state index is 0.275. The van der Waals surface area contributed by atoms with Crippen molar-refractivity contribution in [3.63, 3.8) is 0 Å². The van der Waals surface area contributed by atoms with Crippen LogP contribution in [0.25, 0.3) is 0 Å². The van der Waals surface area contributed by atoms with Crippen LogP contribution in [0.15, 0.2) is 11.8 Å². The standard InChI is InChI=1S/C15H25NO5/c1-9(2)15(19,10(3)20-4)14(18)21-12-6-8-16-7-5-11(17)13(12)16/h6,9-11,13,17,19H,5,7-8H2,1-4H3/t10?,11-,13-,15?/m0/s1. The number of aliphatic hydroxyl groups excluding tert-OH is 1. The Bertz CT molecular complexity index is 436. The van der Waals surface area contributed by atoms with Crippen LogP contribution in [0.4, 0.5) is 0 Å². The number of nitrogens with zero attached hydrogens (tertiary/aromatic N) is 1. The molecule has 6 heteroatoms. The number of aliphatic hydroxyl groups is 2. The Hall–Kier alpha value is -0.950. The fourth-order valence-electron chi connectivity index (χ4n) is 3.08. The van der Waals surface area contributed by atoms with Gasteiger partial charge in [-0.25, -0.2) is 4.79 Å². The normalized spacial score (nSPS) is 30.0. The minimum atomic E-state index is -1.72. The molecule has 0 aromatic heterocycles. The summed E-state index contributed by atoms with van der Waals surface area (Å²) in [6.07, 6.45) is 1.25. The Labute approximate surface area is 125 Å². The maximum Gasteiger partial charge on any atom is 0.346 e. The summed E-state index contributed by atoms with van der Waals surface area (Å²) in [5, 5.41) is 20.7. The molecule has 2 N–H and O–H groups in total. The molecule has 2 rings (SSSR count). The molecule has 4 atom stereocenters. The second-order valence-electron chi connectivity index (χ2n) is 6.15. The Morgan fingerprint density at radius 1 is 1.48 bits per heavy atom. The lowest BCUT2D eigenvalue weighted by Crippen LogP contribution is -2.54. The summed E-state index contributed by atoms with van der Waals surface area (Å²) in [6, 6.07) is -0.275. The van der Waals surface area contributed by atoms with Gasteiger partial charge in [0.25, 0.3) is 0 Å². The first-order valence-corrected chi connectivity index (χ1v) is 7.42. The van der Waals surface area contributed by atoms with Gasteiger partial charge < -0.3 is 19.7 Å². The predicted octanol–water partition coefficient (Wildman–Crippen LogP) is 0.284. The van der Waals surface area contributed by atoms with E-state index in [1.165, 1.54) is 7.11 Å². The molecule has 0 spiro atoms. The fraction of sp³-hybridized carbons (Fsp3) is 0.800. The van der Waals surface area contributed by atoms with E-state index in [9.17, 15) is 15.0 Å². The topological polar surface area (TPSA) is 79.2 Å². The third kappa shape index (κ3) is 2.73. The van der Waals surface area contributed by atoms with Gasteiger partial charge in [0.1, 0.15) is 5.76 Å². The molecule has 0 saturated carbocycles. The van der Waals surface area contributed by atoms with Crippen molar-refractivity contribution in [2.24, 2.45) is 5.92 Å². The summed E-state index contributed by atoms with van der Waals surface area (Å²) >= 11 is 0. The van der Waals surface area contributed by atoms with Crippen molar-refractivity contribution in [3.8, 4) is 0 Å². The highest BCUT2D eigenvalue weighted by molar-refractivity contribution is 5.81. The van der Waals surface area contributed by atoms with Crippen molar-refractivity contribution in [1.82, 2.24) is 4.90 Å². The zero-order valence-corrected chi connectivity index (χ0v) is 13.1. The Balaban J connectivity index is 2.13. The summed E-state index contributed by atoms with van der Waals surface area (Å²) < 4.78 is 10.6. The van der Waals surface area contributed by atoms with Gasteiger partial charge in [0, 0.05) is 20.2 Å². The van der Waals surface area contributed by atoms with Gasteiger partial charge in [-0.3, -0.25) is 4.90 Å². The molecule has 2 heterocycles. The Kier molecular flexibility index (Phi) is 4.72. The molecular weight excluding hydrogens is 274 g/mol. The van der Waals surface area contributed by atoms with E-state index in [1.54, 1.807) is 26.8 Å². The molecular formula is C15H25NO5. The van der Waals surface area contributed by atoms with E-state index in [1.807, 2.05) is 0 Å². The van der Waals surface area contributed by atoms with E-state index < -0.39 is 23.8 Å². The zero-order chi connectivity index (χ0) is 15.8. The van der Waals surface area contributed by atoms with Crippen LogP contribution in [0.5, 0.6) is 0 Å². The lowest BCUT2D eigenvalue weighted by Gasteiger charge is -2.34. The second-order valence-corrected chi connectivity index (χ2v) is 6.15. The van der Waals surface area contributed by atoms with Crippen LogP contribution in [-0.4, -0.2) is 65.1 Å². The molecule has 0 bridgehead atoms. The third-order valence-corrected chi connectivity index (χ3v) is 4.68. The number of carbonyl (C=O) groups excluding carboxylic acids is 1. The van der Waals surface area contributed by atoms with Gasteiger partial charge in [-0.05, 0) is 25.3 Å². The first-order chi connectivity index (χ1) is 9.82. The molecule has 0 aliphatic carbocycles. The highest BCUT2D eigenvalue weighted by Gasteiger charge is 2.49. The molecule has 0 aromatic carbocycles. The molecule has 1 fully saturated rings.